The molecule has 7 heteroatoms. The first-order valence-corrected chi connectivity index (χ1v) is 8.45. The number of methoxy groups -OCH3 is 1. The molecule has 0 spiro atoms. The van der Waals surface area contributed by atoms with E-state index in [1.54, 1.807) is 18.9 Å². The van der Waals surface area contributed by atoms with Crippen LogP contribution in [0.1, 0.15) is 38.4 Å². The van der Waals surface area contributed by atoms with Crippen molar-refractivity contribution >= 4 is 17.7 Å². The third-order valence-corrected chi connectivity index (χ3v) is 4.90. The Bertz CT molecular complexity index is 470. The van der Waals surface area contributed by atoms with Gasteiger partial charge in [0, 0.05) is 20.1 Å². The Morgan fingerprint density at radius 1 is 1.38 bits per heavy atom. The minimum absolute atomic E-state index is 0.106. The molecule has 0 aliphatic heterocycles. The molecule has 2 rings (SSSR count). The molecule has 0 bridgehead atoms. The third kappa shape index (κ3) is 4.20. The Morgan fingerprint density at radius 2 is 2.10 bits per heavy atom. The van der Waals surface area contributed by atoms with E-state index in [2.05, 4.69) is 22.4 Å². The van der Waals surface area contributed by atoms with Crippen molar-refractivity contribution in [2.24, 2.45) is 13.0 Å². The van der Waals surface area contributed by atoms with Crippen molar-refractivity contribution < 1.29 is 9.53 Å². The minimum atomic E-state index is 0.106. The largest absolute Gasteiger partial charge is 0.381 e. The number of carbonyl (C=O) groups excluding carboxylic acids is 1. The summed E-state index contributed by atoms with van der Waals surface area (Å²) in [6.45, 7) is 2.52. The van der Waals surface area contributed by atoms with Gasteiger partial charge in [-0.2, -0.15) is 0 Å². The molecule has 1 heterocycles. The molecule has 0 unspecified atom stereocenters. The van der Waals surface area contributed by atoms with Crippen LogP contribution in [0.3, 0.4) is 0 Å². The van der Waals surface area contributed by atoms with Crippen LogP contribution in [0.5, 0.6) is 0 Å². The summed E-state index contributed by atoms with van der Waals surface area (Å²) >= 11 is 1.65. The van der Waals surface area contributed by atoms with Gasteiger partial charge < -0.3 is 14.6 Å². The number of aromatic nitrogens is 3. The molecule has 1 saturated carbocycles. The lowest BCUT2D eigenvalue weighted by Gasteiger charge is -2.26. The van der Waals surface area contributed by atoms with E-state index in [-0.39, 0.29) is 11.8 Å². The maximum absolute atomic E-state index is 12.2. The van der Waals surface area contributed by atoms with Crippen LogP contribution in [0.2, 0.25) is 0 Å². The van der Waals surface area contributed by atoms with Gasteiger partial charge in [-0.05, 0) is 31.4 Å². The average molecular weight is 312 g/mol. The number of nitrogens with one attached hydrogen (secondary N) is 1. The van der Waals surface area contributed by atoms with E-state index in [0.29, 0.717) is 12.6 Å². The van der Waals surface area contributed by atoms with Gasteiger partial charge in [-0.3, -0.25) is 4.79 Å². The number of ether oxygens (including phenoxy) is 1. The van der Waals surface area contributed by atoms with Crippen LogP contribution < -0.4 is 5.32 Å². The number of amides is 1. The molecule has 6 nitrogen and oxygen atoms in total. The topological polar surface area (TPSA) is 69.0 Å². The van der Waals surface area contributed by atoms with Crippen LogP contribution in [-0.2, 0) is 23.1 Å². The number of hydrogen-bond acceptors (Lipinski definition) is 5. The molecule has 21 heavy (non-hydrogen) atoms. The number of nitrogens with zero attached hydrogens (tertiary/aromatic N) is 3. The summed E-state index contributed by atoms with van der Waals surface area (Å²) in [7, 11) is 3.67. The Labute approximate surface area is 130 Å². The summed E-state index contributed by atoms with van der Waals surface area (Å²) in [5, 5.41) is 12.1. The first-order chi connectivity index (χ1) is 10.2. The predicted octanol–water partition coefficient (Wildman–Crippen LogP) is 1.75. The van der Waals surface area contributed by atoms with Crippen molar-refractivity contribution in [1.29, 1.82) is 0 Å². The smallest absolute Gasteiger partial charge is 0.223 e. The lowest BCUT2D eigenvalue weighted by atomic mass is 9.87. The van der Waals surface area contributed by atoms with Crippen molar-refractivity contribution in [3.8, 4) is 0 Å². The minimum Gasteiger partial charge on any atom is -0.381 e. The van der Waals surface area contributed by atoms with Crippen molar-refractivity contribution in [2.75, 3.05) is 12.9 Å². The van der Waals surface area contributed by atoms with E-state index in [0.717, 1.165) is 42.4 Å². The standard InChI is InChI=1S/C14H24N4O2S/c1-4-21-14-17-16-12(18(14)2)9-15-13(19)10-5-7-11(20-3)8-6-10/h10-11H,4-9H2,1-3H3,(H,15,19). The van der Waals surface area contributed by atoms with E-state index in [1.165, 1.54) is 0 Å². The molecule has 0 aromatic carbocycles. The van der Waals surface area contributed by atoms with Crippen LogP contribution in [-0.4, -0.2) is 39.6 Å². The van der Waals surface area contributed by atoms with Crippen LogP contribution in [0.4, 0.5) is 0 Å². The Kier molecular flexibility index (Phi) is 6.05. The molecule has 1 aliphatic carbocycles. The molecule has 0 radical (unpaired) electrons. The van der Waals surface area contributed by atoms with Gasteiger partial charge in [0.05, 0.1) is 12.6 Å². The van der Waals surface area contributed by atoms with E-state index in [1.807, 2.05) is 11.6 Å². The summed E-state index contributed by atoms with van der Waals surface area (Å²) in [5.41, 5.74) is 0. The summed E-state index contributed by atoms with van der Waals surface area (Å²) in [6.07, 6.45) is 4.06. The monoisotopic (exact) mass is 312 g/mol. The van der Waals surface area contributed by atoms with Crippen molar-refractivity contribution in [3.05, 3.63) is 5.82 Å². The maximum atomic E-state index is 12.2. The molecule has 0 atom stereocenters. The molecular formula is C14H24N4O2S. The highest BCUT2D eigenvalue weighted by Gasteiger charge is 2.26. The second kappa shape index (κ2) is 7.79. The Hall–Kier alpha value is -1.08. The fourth-order valence-electron chi connectivity index (χ4n) is 2.63. The highest BCUT2D eigenvalue weighted by atomic mass is 32.2. The second-order valence-corrected chi connectivity index (χ2v) is 6.55. The lowest BCUT2D eigenvalue weighted by Crippen LogP contribution is -2.34. The molecule has 118 valence electrons. The molecular weight excluding hydrogens is 288 g/mol. The molecule has 1 aliphatic rings. The van der Waals surface area contributed by atoms with Crippen LogP contribution in [0.25, 0.3) is 0 Å². The van der Waals surface area contributed by atoms with Gasteiger partial charge >= 0.3 is 0 Å². The molecule has 1 aromatic heterocycles. The first-order valence-electron chi connectivity index (χ1n) is 7.47. The second-order valence-electron chi connectivity index (χ2n) is 5.32. The predicted molar refractivity (Wildman–Crippen MR) is 82.0 cm³/mol. The van der Waals surface area contributed by atoms with Gasteiger partial charge in [-0.15, -0.1) is 10.2 Å². The fourth-order valence-corrected chi connectivity index (χ4v) is 3.28. The maximum Gasteiger partial charge on any atom is 0.223 e. The molecule has 1 N–H and O–H groups in total. The third-order valence-electron chi connectivity index (χ3n) is 4.00. The molecule has 1 fully saturated rings. The van der Waals surface area contributed by atoms with Crippen LogP contribution in [0, 0.1) is 5.92 Å². The Balaban J connectivity index is 1.81. The molecule has 1 aromatic rings. The van der Waals surface area contributed by atoms with E-state index in [4.69, 9.17) is 4.74 Å². The van der Waals surface area contributed by atoms with Gasteiger partial charge in [0.1, 0.15) is 0 Å². The zero-order valence-electron chi connectivity index (χ0n) is 13.0. The van der Waals surface area contributed by atoms with Crippen molar-refractivity contribution in [3.63, 3.8) is 0 Å². The number of rotatable bonds is 6. The SMILES string of the molecule is CCSc1nnc(CNC(=O)C2CCC(OC)CC2)n1C. The van der Waals surface area contributed by atoms with Crippen molar-refractivity contribution in [1.82, 2.24) is 20.1 Å². The highest BCUT2D eigenvalue weighted by Crippen LogP contribution is 2.26. The van der Waals surface area contributed by atoms with E-state index >= 15 is 0 Å². The average Bonchev–Trinajstić information content (AvgIpc) is 2.86. The van der Waals surface area contributed by atoms with Gasteiger partial charge in [0.15, 0.2) is 11.0 Å². The molecule has 1 amide bonds. The number of carbonyl (C=O) groups is 1. The quantitative estimate of drug-likeness (QED) is 0.811. The van der Waals surface area contributed by atoms with Crippen LogP contribution in [0.15, 0.2) is 5.16 Å². The zero-order chi connectivity index (χ0) is 15.2. The lowest BCUT2D eigenvalue weighted by molar-refractivity contribution is -0.127. The summed E-state index contributed by atoms with van der Waals surface area (Å²) < 4.78 is 7.28. The zero-order valence-corrected chi connectivity index (χ0v) is 13.8. The molecule has 0 saturated heterocycles. The fraction of sp³-hybridized carbons (Fsp3) is 0.786. The summed E-state index contributed by atoms with van der Waals surface area (Å²) in [6, 6.07) is 0. The summed E-state index contributed by atoms with van der Waals surface area (Å²) in [4.78, 5) is 12.2. The van der Waals surface area contributed by atoms with Crippen molar-refractivity contribution in [2.45, 2.75) is 50.4 Å². The van der Waals surface area contributed by atoms with Gasteiger partial charge in [-0.1, -0.05) is 18.7 Å². The van der Waals surface area contributed by atoms with E-state index in [9.17, 15) is 4.79 Å². The van der Waals surface area contributed by atoms with Gasteiger partial charge in [0.2, 0.25) is 5.91 Å². The normalized spacial score (nSPS) is 22.2. The number of thioether (sulfide) groups is 1. The summed E-state index contributed by atoms with van der Waals surface area (Å²) in [5.74, 6) is 1.98. The van der Waals surface area contributed by atoms with Gasteiger partial charge in [-0.25, -0.2) is 0 Å². The van der Waals surface area contributed by atoms with Crippen LogP contribution >= 0.6 is 11.8 Å². The Morgan fingerprint density at radius 3 is 2.71 bits per heavy atom. The number of hydrogen-bond donors (Lipinski definition) is 1. The van der Waals surface area contributed by atoms with E-state index < -0.39 is 0 Å². The van der Waals surface area contributed by atoms with Gasteiger partial charge in [0.25, 0.3) is 0 Å². The first kappa shape index (κ1) is 16.3. The highest BCUT2D eigenvalue weighted by molar-refractivity contribution is 7.99.